The fraction of sp³-hybridized carbons (Fsp3) is 0.207. The maximum Gasteiger partial charge on any atom is 0.269 e. The maximum atomic E-state index is 13.7. The summed E-state index contributed by atoms with van der Waals surface area (Å²) in [5, 5.41) is 12.7. The number of rotatable bonds is 7. The third-order valence-corrected chi connectivity index (χ3v) is 7.15. The molecule has 1 aliphatic rings. The van der Waals surface area contributed by atoms with E-state index in [2.05, 4.69) is 11.4 Å². The van der Waals surface area contributed by atoms with Crippen molar-refractivity contribution < 1.29 is 14.3 Å². The van der Waals surface area contributed by atoms with Crippen LogP contribution in [0.4, 0.5) is 11.4 Å². The lowest BCUT2D eigenvalue weighted by atomic mass is 10.0. The van der Waals surface area contributed by atoms with Crippen molar-refractivity contribution in [3.63, 3.8) is 0 Å². The van der Waals surface area contributed by atoms with Crippen LogP contribution < -0.4 is 15.0 Å². The molecule has 36 heavy (non-hydrogen) atoms. The van der Waals surface area contributed by atoms with Gasteiger partial charge in [-0.05, 0) is 74.7 Å². The van der Waals surface area contributed by atoms with Gasteiger partial charge < -0.3 is 10.1 Å². The topological polar surface area (TPSA) is 82.4 Å². The number of nitrogens with zero attached hydrogens (tertiary/aromatic N) is 2. The smallest absolute Gasteiger partial charge is 0.269 e. The van der Waals surface area contributed by atoms with Crippen molar-refractivity contribution in [1.29, 1.82) is 5.26 Å². The first-order valence-corrected chi connectivity index (χ1v) is 12.6. The third-order valence-electron chi connectivity index (χ3n) is 5.89. The van der Waals surface area contributed by atoms with Gasteiger partial charge >= 0.3 is 0 Å². The number of nitrogens with one attached hydrogen (secondary N) is 1. The summed E-state index contributed by atoms with van der Waals surface area (Å²) in [4.78, 5) is 28.4. The van der Waals surface area contributed by atoms with Gasteiger partial charge in [-0.15, -0.1) is 0 Å². The number of hydrogen-bond donors (Lipinski definition) is 1. The monoisotopic (exact) mass is 497 g/mol. The average molecular weight is 498 g/mol. The van der Waals surface area contributed by atoms with Gasteiger partial charge in [0.2, 0.25) is 5.91 Å². The van der Waals surface area contributed by atoms with Crippen LogP contribution in [0.5, 0.6) is 5.75 Å². The molecule has 0 aromatic heterocycles. The second-order valence-electron chi connectivity index (χ2n) is 8.45. The van der Waals surface area contributed by atoms with Crippen molar-refractivity contribution in [3.05, 3.63) is 100 Å². The largest absolute Gasteiger partial charge is 0.494 e. The van der Waals surface area contributed by atoms with Crippen LogP contribution in [0.1, 0.15) is 23.6 Å². The van der Waals surface area contributed by atoms with E-state index < -0.39 is 11.2 Å². The highest BCUT2D eigenvalue weighted by molar-refractivity contribution is 8.05. The van der Waals surface area contributed by atoms with Gasteiger partial charge in [0.05, 0.1) is 11.9 Å². The van der Waals surface area contributed by atoms with Crippen LogP contribution in [0.15, 0.2) is 83.4 Å². The normalized spacial score (nSPS) is 16.4. The molecule has 7 heteroatoms. The molecular weight excluding hydrogens is 470 g/mol. The second kappa shape index (κ2) is 11.1. The van der Waals surface area contributed by atoms with Gasteiger partial charge in [-0.25, -0.2) is 0 Å². The number of benzene rings is 3. The molecular formula is C29H27N3O3S. The Morgan fingerprint density at radius 1 is 1.06 bits per heavy atom. The van der Waals surface area contributed by atoms with Crippen molar-refractivity contribution in [1.82, 2.24) is 0 Å². The number of aryl methyl sites for hydroxylation is 2. The van der Waals surface area contributed by atoms with E-state index in [-0.39, 0.29) is 11.5 Å². The van der Waals surface area contributed by atoms with Crippen molar-refractivity contribution in [2.45, 2.75) is 32.4 Å². The molecule has 1 heterocycles. The molecule has 1 fully saturated rings. The van der Waals surface area contributed by atoms with E-state index in [1.165, 1.54) is 16.7 Å². The standard InChI is InChI=1S/C29H27N3O3S/c1-4-35-24-15-13-23(14-16-24)32-28(34)26(17-21-8-6-5-7-20(21)3)36-29(32)25(18-30)27(33)31-22-11-9-19(2)10-12-22/h5-16,26H,4,17H2,1-3H3,(H,31,33)/b29-25-. The second-order valence-corrected chi connectivity index (χ2v) is 9.64. The van der Waals surface area contributed by atoms with Crippen molar-refractivity contribution in [3.8, 4) is 11.8 Å². The van der Waals surface area contributed by atoms with E-state index in [0.717, 1.165) is 16.7 Å². The lowest BCUT2D eigenvalue weighted by molar-refractivity contribution is -0.117. The zero-order valence-electron chi connectivity index (χ0n) is 20.4. The number of carbonyl (C=O) groups excluding carboxylic acids is 2. The molecule has 1 N–H and O–H groups in total. The summed E-state index contributed by atoms with van der Waals surface area (Å²) in [6, 6.07) is 24.4. The summed E-state index contributed by atoms with van der Waals surface area (Å²) in [5.74, 6) is -0.0393. The van der Waals surface area contributed by atoms with Crippen LogP contribution >= 0.6 is 11.8 Å². The number of hydrogen-bond acceptors (Lipinski definition) is 5. The first kappa shape index (κ1) is 25.1. The molecule has 3 aromatic rings. The summed E-state index contributed by atoms with van der Waals surface area (Å²) in [6.07, 6.45) is 0.492. The Morgan fingerprint density at radius 2 is 1.75 bits per heavy atom. The van der Waals surface area contributed by atoms with Crippen LogP contribution in [0.25, 0.3) is 0 Å². The predicted octanol–water partition coefficient (Wildman–Crippen LogP) is 5.77. The minimum Gasteiger partial charge on any atom is -0.494 e. The molecule has 1 unspecified atom stereocenters. The lowest BCUT2D eigenvalue weighted by Gasteiger charge is -2.19. The van der Waals surface area contributed by atoms with E-state index >= 15 is 0 Å². The van der Waals surface area contributed by atoms with Crippen LogP contribution in [-0.4, -0.2) is 23.7 Å². The first-order chi connectivity index (χ1) is 17.4. The van der Waals surface area contributed by atoms with Gasteiger partial charge in [0.1, 0.15) is 22.4 Å². The SMILES string of the molecule is CCOc1ccc(N2C(=O)C(Cc3ccccc3C)S/C2=C(/C#N)C(=O)Nc2ccc(C)cc2)cc1. The number of carbonyl (C=O) groups is 2. The molecule has 0 aliphatic carbocycles. The highest BCUT2D eigenvalue weighted by Crippen LogP contribution is 2.42. The van der Waals surface area contributed by atoms with Gasteiger partial charge in [0.15, 0.2) is 0 Å². The Morgan fingerprint density at radius 3 is 2.39 bits per heavy atom. The number of amides is 2. The number of ether oxygens (including phenoxy) is 1. The lowest BCUT2D eigenvalue weighted by Crippen LogP contribution is -2.31. The van der Waals surface area contributed by atoms with Crippen LogP contribution in [0.2, 0.25) is 0 Å². The minimum atomic E-state index is -0.552. The van der Waals surface area contributed by atoms with Gasteiger partial charge in [-0.3, -0.25) is 14.5 Å². The molecule has 1 aliphatic heterocycles. The van der Waals surface area contributed by atoms with Gasteiger partial charge in [-0.1, -0.05) is 53.7 Å². The van der Waals surface area contributed by atoms with E-state index in [1.54, 1.807) is 36.4 Å². The summed E-state index contributed by atoms with van der Waals surface area (Å²) < 4.78 is 5.53. The van der Waals surface area contributed by atoms with E-state index in [9.17, 15) is 14.9 Å². The Labute approximate surface area is 215 Å². The molecule has 0 radical (unpaired) electrons. The summed E-state index contributed by atoms with van der Waals surface area (Å²) in [7, 11) is 0. The molecule has 0 saturated carbocycles. The Kier molecular flexibility index (Phi) is 7.77. The van der Waals surface area contributed by atoms with E-state index in [1.807, 2.05) is 57.2 Å². The third kappa shape index (κ3) is 5.45. The Hall–Kier alpha value is -4.02. The van der Waals surface area contributed by atoms with Crippen molar-refractivity contribution in [2.24, 2.45) is 0 Å². The fourth-order valence-corrected chi connectivity index (χ4v) is 5.24. The minimum absolute atomic E-state index is 0.102. The van der Waals surface area contributed by atoms with Crippen LogP contribution in [0.3, 0.4) is 0 Å². The molecule has 0 bridgehead atoms. The molecule has 2 amide bonds. The zero-order valence-corrected chi connectivity index (χ0v) is 21.3. The molecule has 182 valence electrons. The predicted molar refractivity (Wildman–Crippen MR) is 144 cm³/mol. The highest BCUT2D eigenvalue weighted by atomic mass is 32.2. The maximum absolute atomic E-state index is 13.7. The average Bonchev–Trinajstić information content (AvgIpc) is 3.18. The molecule has 0 spiro atoms. The highest BCUT2D eigenvalue weighted by Gasteiger charge is 2.41. The first-order valence-electron chi connectivity index (χ1n) is 11.7. The van der Waals surface area contributed by atoms with Crippen molar-refractivity contribution in [2.75, 3.05) is 16.8 Å². The van der Waals surface area contributed by atoms with E-state index in [0.29, 0.717) is 35.2 Å². The Bertz CT molecular complexity index is 1340. The van der Waals surface area contributed by atoms with Crippen molar-refractivity contribution >= 4 is 35.0 Å². The fourth-order valence-electron chi connectivity index (χ4n) is 3.95. The van der Waals surface area contributed by atoms with Crippen LogP contribution in [-0.2, 0) is 16.0 Å². The molecule has 4 rings (SSSR count). The molecule has 6 nitrogen and oxygen atoms in total. The summed E-state index contributed by atoms with van der Waals surface area (Å²) >= 11 is 1.26. The van der Waals surface area contributed by atoms with Crippen LogP contribution in [0, 0.1) is 25.2 Å². The number of anilines is 2. The molecule has 1 atom stereocenters. The number of thioether (sulfide) groups is 1. The van der Waals surface area contributed by atoms with Gasteiger partial charge in [-0.2, -0.15) is 5.26 Å². The Balaban J connectivity index is 1.72. The summed E-state index contributed by atoms with van der Waals surface area (Å²) in [6.45, 7) is 6.39. The van der Waals surface area contributed by atoms with Gasteiger partial charge in [0.25, 0.3) is 5.91 Å². The molecule has 3 aromatic carbocycles. The van der Waals surface area contributed by atoms with Gasteiger partial charge in [0, 0.05) is 11.4 Å². The van der Waals surface area contributed by atoms with E-state index in [4.69, 9.17) is 4.74 Å². The number of nitriles is 1. The summed E-state index contributed by atoms with van der Waals surface area (Å²) in [5.41, 5.74) is 4.26. The quantitative estimate of drug-likeness (QED) is 0.331. The zero-order chi connectivity index (χ0) is 25.7. The molecule has 1 saturated heterocycles.